The van der Waals surface area contributed by atoms with Crippen molar-refractivity contribution in [3.05, 3.63) is 53.1 Å². The van der Waals surface area contributed by atoms with Gasteiger partial charge >= 0.3 is 6.03 Å². The number of hydrogen-bond acceptors (Lipinski definition) is 5. The monoisotopic (exact) mass is 422 g/mol. The minimum Gasteiger partial charge on any atom is -0.334 e. The molecule has 1 aromatic rings. The molecule has 2 saturated heterocycles. The number of fused-ring (bicyclic) bond motifs is 1. The van der Waals surface area contributed by atoms with E-state index in [4.69, 9.17) is 0 Å². The number of allylic oxidation sites excluding steroid dienone is 2. The highest BCUT2D eigenvalue weighted by Gasteiger charge is 2.46. The third-order valence-corrected chi connectivity index (χ3v) is 5.66. The van der Waals surface area contributed by atoms with Gasteiger partial charge in [0, 0.05) is 36.3 Å². The van der Waals surface area contributed by atoms with Gasteiger partial charge in [-0.2, -0.15) is 0 Å². The van der Waals surface area contributed by atoms with E-state index in [0.29, 0.717) is 16.8 Å². The Bertz CT molecular complexity index is 1060. The molecule has 9 nitrogen and oxygen atoms in total. The van der Waals surface area contributed by atoms with E-state index in [2.05, 4.69) is 16.0 Å². The molecule has 3 N–H and O–H groups in total. The van der Waals surface area contributed by atoms with Crippen molar-refractivity contribution >= 4 is 35.2 Å². The first-order valence-corrected chi connectivity index (χ1v) is 10.0. The zero-order valence-electron chi connectivity index (χ0n) is 16.9. The van der Waals surface area contributed by atoms with Crippen LogP contribution in [-0.4, -0.2) is 53.6 Å². The molecule has 9 heteroatoms. The molecule has 2 fully saturated rings. The van der Waals surface area contributed by atoms with E-state index in [1.165, 1.54) is 11.0 Å². The number of aryl methyl sites for hydroxylation is 1. The topological polar surface area (TPSA) is 125 Å². The van der Waals surface area contributed by atoms with E-state index in [9.17, 15) is 24.0 Å². The molecule has 1 aromatic carbocycles. The predicted octanol–water partition coefficient (Wildman–Crippen LogP) is 0.816. The zero-order chi connectivity index (χ0) is 22.1. The SMILES string of the molecule is Cc1cccc(NC(=O)NCC2=CC=C3C(=O)N(C4CCC(=O)NC4=O)CC3C2=O)c1. The Morgan fingerprint density at radius 3 is 2.74 bits per heavy atom. The molecule has 4 rings (SSSR count). The van der Waals surface area contributed by atoms with Crippen molar-refractivity contribution in [1.29, 1.82) is 0 Å². The van der Waals surface area contributed by atoms with E-state index in [0.717, 1.165) is 5.56 Å². The van der Waals surface area contributed by atoms with Crippen LogP contribution < -0.4 is 16.0 Å². The molecular weight excluding hydrogens is 400 g/mol. The number of benzene rings is 1. The molecule has 1 aliphatic carbocycles. The summed E-state index contributed by atoms with van der Waals surface area (Å²) in [4.78, 5) is 62.7. The second kappa shape index (κ2) is 8.17. The van der Waals surface area contributed by atoms with Gasteiger partial charge in [-0.1, -0.05) is 24.3 Å². The number of hydrogen-bond donors (Lipinski definition) is 3. The van der Waals surface area contributed by atoms with Crippen LogP contribution in [0.4, 0.5) is 10.5 Å². The lowest BCUT2D eigenvalue weighted by molar-refractivity contribution is -0.142. The number of likely N-dealkylation sites (tertiary alicyclic amines) is 1. The van der Waals surface area contributed by atoms with Gasteiger partial charge in [0.2, 0.25) is 11.8 Å². The quantitative estimate of drug-likeness (QED) is 0.620. The lowest BCUT2D eigenvalue weighted by Gasteiger charge is -2.29. The summed E-state index contributed by atoms with van der Waals surface area (Å²) in [5.74, 6) is -2.18. The van der Waals surface area contributed by atoms with Gasteiger partial charge in [-0.05, 0) is 31.0 Å². The first-order valence-electron chi connectivity index (χ1n) is 10.0. The number of carbonyl (C=O) groups excluding carboxylic acids is 5. The van der Waals surface area contributed by atoms with Gasteiger partial charge in [0.1, 0.15) is 6.04 Å². The van der Waals surface area contributed by atoms with Gasteiger partial charge in [0.05, 0.1) is 5.92 Å². The average molecular weight is 422 g/mol. The van der Waals surface area contributed by atoms with Crippen molar-refractivity contribution in [2.75, 3.05) is 18.4 Å². The van der Waals surface area contributed by atoms with Crippen LogP contribution >= 0.6 is 0 Å². The molecule has 0 aromatic heterocycles. The fourth-order valence-corrected chi connectivity index (χ4v) is 4.07. The number of carbonyl (C=O) groups is 5. The number of rotatable bonds is 4. The minimum atomic E-state index is -0.758. The summed E-state index contributed by atoms with van der Waals surface area (Å²) in [6.45, 7) is 2.02. The number of ketones is 1. The molecule has 5 amide bonds. The van der Waals surface area contributed by atoms with E-state index in [1.807, 2.05) is 25.1 Å². The second-order valence-electron chi connectivity index (χ2n) is 7.83. The second-order valence-corrected chi connectivity index (χ2v) is 7.83. The Kier molecular flexibility index (Phi) is 5.41. The van der Waals surface area contributed by atoms with Gasteiger partial charge in [0.25, 0.3) is 5.91 Å². The van der Waals surface area contributed by atoms with Crippen LogP contribution in [-0.2, 0) is 19.2 Å². The Hall–Kier alpha value is -3.75. The van der Waals surface area contributed by atoms with E-state index >= 15 is 0 Å². The van der Waals surface area contributed by atoms with Gasteiger partial charge in [-0.15, -0.1) is 0 Å². The van der Waals surface area contributed by atoms with Crippen LogP contribution in [0.25, 0.3) is 0 Å². The Labute approximate surface area is 178 Å². The number of imide groups is 1. The number of piperidine rings is 1. The van der Waals surface area contributed by atoms with Crippen LogP contribution in [0.5, 0.6) is 0 Å². The number of Topliss-reactive ketones (excluding diaryl/α,β-unsaturated/α-hetero) is 1. The van der Waals surface area contributed by atoms with Gasteiger partial charge < -0.3 is 15.5 Å². The smallest absolute Gasteiger partial charge is 0.319 e. The average Bonchev–Trinajstić information content (AvgIpc) is 3.05. The molecule has 0 spiro atoms. The third-order valence-electron chi connectivity index (χ3n) is 5.66. The van der Waals surface area contributed by atoms with Crippen LogP contribution in [0.3, 0.4) is 0 Å². The maximum Gasteiger partial charge on any atom is 0.319 e. The minimum absolute atomic E-state index is 0.0172. The molecule has 160 valence electrons. The van der Waals surface area contributed by atoms with Crippen molar-refractivity contribution in [3.63, 3.8) is 0 Å². The summed E-state index contributed by atoms with van der Waals surface area (Å²) in [5.41, 5.74) is 2.37. The first-order chi connectivity index (χ1) is 14.8. The van der Waals surface area contributed by atoms with E-state index in [-0.39, 0.29) is 43.5 Å². The summed E-state index contributed by atoms with van der Waals surface area (Å²) in [6, 6.07) is 6.14. The molecule has 2 atom stereocenters. The fourth-order valence-electron chi connectivity index (χ4n) is 4.07. The van der Waals surface area contributed by atoms with E-state index < -0.39 is 23.9 Å². The fraction of sp³-hybridized carbons (Fsp3) is 0.318. The zero-order valence-corrected chi connectivity index (χ0v) is 16.9. The van der Waals surface area contributed by atoms with Crippen molar-refractivity contribution in [1.82, 2.24) is 15.5 Å². The summed E-state index contributed by atoms with van der Waals surface area (Å²) < 4.78 is 0. The third kappa shape index (κ3) is 4.11. The Morgan fingerprint density at radius 2 is 2.00 bits per heavy atom. The number of nitrogens with one attached hydrogen (secondary N) is 3. The van der Waals surface area contributed by atoms with Gasteiger partial charge in [-0.25, -0.2) is 4.79 Å². The van der Waals surface area contributed by atoms with Gasteiger partial charge in [-0.3, -0.25) is 24.5 Å². The molecule has 0 radical (unpaired) electrons. The number of anilines is 1. The number of amides is 5. The van der Waals surface area contributed by atoms with Gasteiger partial charge in [0.15, 0.2) is 5.78 Å². The highest BCUT2D eigenvalue weighted by atomic mass is 16.2. The van der Waals surface area contributed by atoms with Crippen LogP contribution in [0.15, 0.2) is 47.6 Å². The molecule has 0 bridgehead atoms. The van der Waals surface area contributed by atoms with Crippen LogP contribution in [0.2, 0.25) is 0 Å². The maximum atomic E-state index is 12.9. The molecule has 2 heterocycles. The van der Waals surface area contributed by atoms with Crippen LogP contribution in [0, 0.1) is 12.8 Å². The van der Waals surface area contributed by atoms with Crippen molar-refractivity contribution in [2.24, 2.45) is 5.92 Å². The van der Waals surface area contributed by atoms with E-state index in [1.54, 1.807) is 12.1 Å². The summed E-state index contributed by atoms with van der Waals surface area (Å²) in [6.07, 6.45) is 3.51. The Balaban J connectivity index is 1.38. The molecule has 0 saturated carbocycles. The Morgan fingerprint density at radius 1 is 1.19 bits per heavy atom. The lowest BCUT2D eigenvalue weighted by Crippen LogP contribution is -2.53. The summed E-state index contributed by atoms with van der Waals surface area (Å²) in [5, 5.41) is 7.61. The molecular formula is C22H22N4O5. The summed E-state index contributed by atoms with van der Waals surface area (Å²) in [7, 11) is 0. The van der Waals surface area contributed by atoms with Crippen LogP contribution in [0.1, 0.15) is 18.4 Å². The first kappa shape index (κ1) is 20.5. The number of urea groups is 1. The normalized spacial score (nSPS) is 23.1. The number of nitrogens with zero attached hydrogens (tertiary/aromatic N) is 1. The van der Waals surface area contributed by atoms with Crippen molar-refractivity contribution < 1.29 is 24.0 Å². The molecule has 3 aliphatic rings. The highest BCUT2D eigenvalue weighted by molar-refractivity contribution is 6.13. The largest absolute Gasteiger partial charge is 0.334 e. The standard InChI is InChI=1S/C22H22N4O5/c1-12-3-2-4-14(9-12)24-22(31)23-10-13-5-6-15-16(19(13)28)11-26(21(15)30)17-7-8-18(27)25-20(17)29/h2-6,9,16-17H,7-8,10-11H2,1H3,(H2,23,24,31)(H,25,27,29). The predicted molar refractivity (Wildman–Crippen MR) is 111 cm³/mol. The molecule has 2 unspecified atom stereocenters. The summed E-state index contributed by atoms with van der Waals surface area (Å²) >= 11 is 0. The lowest BCUT2D eigenvalue weighted by atomic mass is 9.88. The van der Waals surface area contributed by atoms with Crippen molar-refractivity contribution in [2.45, 2.75) is 25.8 Å². The molecule has 2 aliphatic heterocycles. The van der Waals surface area contributed by atoms with Crippen molar-refractivity contribution in [3.8, 4) is 0 Å². The highest BCUT2D eigenvalue weighted by Crippen LogP contribution is 2.33. The molecule has 31 heavy (non-hydrogen) atoms. The maximum absolute atomic E-state index is 12.9.